The quantitative estimate of drug-likeness (QED) is 0.757. The fraction of sp³-hybridized carbons (Fsp3) is 0.357. The van der Waals surface area contributed by atoms with E-state index in [1.165, 1.54) is 0 Å². The number of nitrogens with zero attached hydrogens (tertiary/aromatic N) is 3. The van der Waals surface area contributed by atoms with Crippen molar-refractivity contribution < 1.29 is 9.90 Å². The van der Waals surface area contributed by atoms with Crippen LogP contribution in [0, 0.1) is 6.92 Å². The predicted molar refractivity (Wildman–Crippen MR) is 78.0 cm³/mol. The van der Waals surface area contributed by atoms with E-state index in [4.69, 9.17) is 5.11 Å². The first kappa shape index (κ1) is 15.0. The van der Waals surface area contributed by atoms with Crippen LogP contribution >= 0.6 is 0 Å². The third-order valence-electron chi connectivity index (χ3n) is 2.89. The van der Waals surface area contributed by atoms with Gasteiger partial charge in [-0.2, -0.15) is 0 Å². The lowest BCUT2D eigenvalue weighted by Crippen LogP contribution is -2.38. The zero-order valence-electron chi connectivity index (χ0n) is 12.1. The van der Waals surface area contributed by atoms with Crippen molar-refractivity contribution >= 4 is 6.03 Å². The minimum Gasteiger partial charge on any atom is -0.392 e. The molecule has 0 saturated heterocycles. The summed E-state index contributed by atoms with van der Waals surface area (Å²) in [5.74, 6) is 1.65. The molecule has 0 fully saturated rings. The number of pyridine rings is 1. The Balaban J connectivity index is 1.88. The number of urea groups is 1. The highest BCUT2D eigenvalue weighted by molar-refractivity contribution is 5.73. The first-order valence-corrected chi connectivity index (χ1v) is 6.71. The minimum absolute atomic E-state index is 0.225. The van der Waals surface area contributed by atoms with Crippen molar-refractivity contribution in [2.45, 2.75) is 26.5 Å². The van der Waals surface area contributed by atoms with Gasteiger partial charge < -0.3 is 15.7 Å². The minimum atomic E-state index is -0.560. The fourth-order valence-corrected chi connectivity index (χ4v) is 1.77. The standard InChI is InChI=1S/C14H19N5O2/c1-10(20)7-17-14(21)18-9-12-3-4-13(16-8-12)19-6-5-15-11(19)2/h3-6,8,10,20H,7,9H2,1-2H3,(H2,17,18,21)/t10-/m1/s1. The smallest absolute Gasteiger partial charge is 0.315 e. The molecule has 2 rings (SSSR count). The second-order valence-corrected chi connectivity index (χ2v) is 4.78. The zero-order chi connectivity index (χ0) is 15.2. The monoisotopic (exact) mass is 289 g/mol. The number of carbonyl (C=O) groups excluding carboxylic acids is 1. The van der Waals surface area contributed by atoms with E-state index in [-0.39, 0.29) is 12.6 Å². The molecule has 0 radical (unpaired) electrons. The maximum Gasteiger partial charge on any atom is 0.315 e. The van der Waals surface area contributed by atoms with Gasteiger partial charge in [-0.1, -0.05) is 6.07 Å². The molecule has 7 nitrogen and oxygen atoms in total. The van der Waals surface area contributed by atoms with Gasteiger partial charge in [0, 0.05) is 31.7 Å². The van der Waals surface area contributed by atoms with Gasteiger partial charge >= 0.3 is 6.03 Å². The number of rotatable bonds is 5. The van der Waals surface area contributed by atoms with Crippen molar-refractivity contribution in [3.8, 4) is 5.82 Å². The van der Waals surface area contributed by atoms with Crippen LogP contribution in [0.25, 0.3) is 5.82 Å². The Bertz CT molecular complexity index is 592. The second kappa shape index (κ2) is 6.85. The van der Waals surface area contributed by atoms with Gasteiger partial charge in [-0.15, -0.1) is 0 Å². The van der Waals surface area contributed by atoms with E-state index in [0.717, 1.165) is 17.2 Å². The number of aliphatic hydroxyl groups is 1. The summed E-state index contributed by atoms with van der Waals surface area (Å²) in [4.78, 5) is 19.9. The summed E-state index contributed by atoms with van der Waals surface area (Å²) in [7, 11) is 0. The average Bonchev–Trinajstić information content (AvgIpc) is 2.89. The number of aromatic nitrogens is 3. The number of amides is 2. The molecule has 0 aromatic carbocycles. The Morgan fingerprint density at radius 1 is 1.38 bits per heavy atom. The van der Waals surface area contributed by atoms with Gasteiger partial charge in [0.05, 0.1) is 6.10 Å². The maximum absolute atomic E-state index is 11.5. The molecule has 2 amide bonds. The van der Waals surface area contributed by atoms with Gasteiger partial charge in [-0.05, 0) is 25.5 Å². The summed E-state index contributed by atoms with van der Waals surface area (Å²) >= 11 is 0. The molecule has 2 aromatic heterocycles. The summed E-state index contributed by atoms with van der Waals surface area (Å²) in [5, 5.41) is 14.3. The average molecular weight is 289 g/mol. The number of imidazole rings is 1. The molecule has 2 aromatic rings. The summed E-state index contributed by atoms with van der Waals surface area (Å²) in [6.45, 7) is 4.12. The van der Waals surface area contributed by atoms with E-state index < -0.39 is 6.10 Å². The molecule has 0 unspecified atom stereocenters. The van der Waals surface area contributed by atoms with E-state index in [1.54, 1.807) is 19.3 Å². The Kier molecular flexibility index (Phi) is 4.89. The lowest BCUT2D eigenvalue weighted by molar-refractivity contribution is 0.187. The number of carbonyl (C=O) groups is 1. The number of nitrogens with one attached hydrogen (secondary N) is 2. The van der Waals surface area contributed by atoms with Gasteiger partial charge in [0.25, 0.3) is 0 Å². The second-order valence-electron chi connectivity index (χ2n) is 4.78. The molecule has 0 aliphatic carbocycles. The van der Waals surface area contributed by atoms with Gasteiger partial charge in [0.2, 0.25) is 0 Å². The largest absolute Gasteiger partial charge is 0.392 e. The van der Waals surface area contributed by atoms with Crippen LogP contribution in [0.3, 0.4) is 0 Å². The van der Waals surface area contributed by atoms with E-state index in [0.29, 0.717) is 6.54 Å². The third kappa shape index (κ3) is 4.28. The maximum atomic E-state index is 11.5. The summed E-state index contributed by atoms with van der Waals surface area (Å²) in [5.41, 5.74) is 0.892. The van der Waals surface area contributed by atoms with E-state index in [1.807, 2.05) is 29.8 Å². The third-order valence-corrected chi connectivity index (χ3v) is 2.89. The molecule has 0 saturated carbocycles. The molecule has 21 heavy (non-hydrogen) atoms. The van der Waals surface area contributed by atoms with E-state index in [9.17, 15) is 4.79 Å². The molecule has 7 heteroatoms. The van der Waals surface area contributed by atoms with Crippen molar-refractivity contribution in [2.24, 2.45) is 0 Å². The van der Waals surface area contributed by atoms with Crippen molar-refractivity contribution in [1.82, 2.24) is 25.2 Å². The van der Waals surface area contributed by atoms with Crippen LogP contribution in [0.2, 0.25) is 0 Å². The van der Waals surface area contributed by atoms with Crippen molar-refractivity contribution in [1.29, 1.82) is 0 Å². The van der Waals surface area contributed by atoms with E-state index >= 15 is 0 Å². The Morgan fingerprint density at radius 2 is 2.19 bits per heavy atom. The Morgan fingerprint density at radius 3 is 2.76 bits per heavy atom. The normalized spacial score (nSPS) is 12.0. The Hall–Kier alpha value is -2.41. The number of aryl methyl sites for hydroxylation is 1. The van der Waals surface area contributed by atoms with Crippen LogP contribution in [0.4, 0.5) is 4.79 Å². The van der Waals surface area contributed by atoms with Crippen LogP contribution in [-0.4, -0.2) is 38.3 Å². The molecule has 2 heterocycles. The van der Waals surface area contributed by atoms with Crippen LogP contribution in [0.15, 0.2) is 30.7 Å². The first-order valence-electron chi connectivity index (χ1n) is 6.71. The summed E-state index contributed by atoms with van der Waals surface area (Å²) in [6, 6.07) is 3.46. The SMILES string of the molecule is Cc1nccn1-c1ccc(CNC(=O)NC[C@@H](C)O)cn1. The molecule has 0 spiro atoms. The van der Waals surface area contributed by atoms with E-state index in [2.05, 4.69) is 20.6 Å². The van der Waals surface area contributed by atoms with Gasteiger partial charge in [-0.25, -0.2) is 14.8 Å². The molecule has 112 valence electrons. The summed E-state index contributed by atoms with van der Waals surface area (Å²) < 4.78 is 1.88. The van der Waals surface area contributed by atoms with Crippen LogP contribution in [0.1, 0.15) is 18.3 Å². The van der Waals surface area contributed by atoms with Crippen LogP contribution < -0.4 is 10.6 Å². The summed E-state index contributed by atoms with van der Waals surface area (Å²) in [6.07, 6.45) is 4.72. The van der Waals surface area contributed by atoms with Gasteiger partial charge in [0.15, 0.2) is 0 Å². The lowest BCUT2D eigenvalue weighted by atomic mass is 10.3. The number of aliphatic hydroxyl groups excluding tert-OH is 1. The van der Waals surface area contributed by atoms with Crippen molar-refractivity contribution in [3.05, 3.63) is 42.1 Å². The van der Waals surface area contributed by atoms with Gasteiger partial charge in [-0.3, -0.25) is 4.57 Å². The first-order chi connectivity index (χ1) is 10.1. The van der Waals surface area contributed by atoms with Crippen LogP contribution in [-0.2, 0) is 6.54 Å². The number of hydrogen-bond donors (Lipinski definition) is 3. The van der Waals surface area contributed by atoms with Crippen molar-refractivity contribution in [3.63, 3.8) is 0 Å². The van der Waals surface area contributed by atoms with Gasteiger partial charge in [0.1, 0.15) is 11.6 Å². The molecule has 3 N–H and O–H groups in total. The zero-order valence-corrected chi connectivity index (χ0v) is 12.1. The molecule has 0 aliphatic heterocycles. The van der Waals surface area contributed by atoms with Crippen molar-refractivity contribution in [2.75, 3.05) is 6.54 Å². The molecule has 0 aliphatic rings. The molecule has 0 bridgehead atoms. The molecular weight excluding hydrogens is 270 g/mol. The highest BCUT2D eigenvalue weighted by Gasteiger charge is 2.04. The highest BCUT2D eigenvalue weighted by atomic mass is 16.3. The fourth-order valence-electron chi connectivity index (χ4n) is 1.77. The molecular formula is C14H19N5O2. The lowest BCUT2D eigenvalue weighted by Gasteiger charge is -2.09. The number of hydrogen-bond acceptors (Lipinski definition) is 4. The topological polar surface area (TPSA) is 92.1 Å². The Labute approximate surface area is 123 Å². The highest BCUT2D eigenvalue weighted by Crippen LogP contribution is 2.08. The molecule has 1 atom stereocenters. The van der Waals surface area contributed by atoms with Crippen LogP contribution in [0.5, 0.6) is 0 Å². The predicted octanol–water partition coefficient (Wildman–Crippen LogP) is 0.756.